The summed E-state index contributed by atoms with van der Waals surface area (Å²) in [6.45, 7) is 7.79. The lowest BCUT2D eigenvalue weighted by atomic mass is 10.2. The fourth-order valence-corrected chi connectivity index (χ4v) is 1.79. The van der Waals surface area contributed by atoms with Crippen molar-refractivity contribution in [2.75, 3.05) is 26.2 Å². The standard InChI is InChI=1S/C10H17N3/c1-9-6-10(7-12-9)8-13-4-2-11-3-5-13/h6-7,11-12H,2-5,8H2,1H3. The molecule has 1 saturated heterocycles. The number of aromatic amines is 1. The minimum atomic E-state index is 1.09. The second-order valence-corrected chi connectivity index (χ2v) is 3.72. The van der Waals surface area contributed by atoms with Crippen LogP contribution >= 0.6 is 0 Å². The molecule has 0 saturated carbocycles. The number of hydrogen-bond donors (Lipinski definition) is 2. The van der Waals surface area contributed by atoms with Gasteiger partial charge in [0.1, 0.15) is 0 Å². The first-order valence-electron chi connectivity index (χ1n) is 4.91. The summed E-state index contributed by atoms with van der Waals surface area (Å²) in [7, 11) is 0. The van der Waals surface area contributed by atoms with E-state index in [0.29, 0.717) is 0 Å². The molecule has 1 aromatic heterocycles. The third-order valence-corrected chi connectivity index (χ3v) is 2.50. The Morgan fingerprint density at radius 3 is 2.77 bits per heavy atom. The van der Waals surface area contributed by atoms with Gasteiger partial charge in [-0.25, -0.2) is 0 Å². The van der Waals surface area contributed by atoms with E-state index in [2.05, 4.69) is 34.4 Å². The first-order chi connectivity index (χ1) is 6.34. The Morgan fingerprint density at radius 2 is 2.15 bits per heavy atom. The molecule has 0 radical (unpaired) electrons. The predicted molar refractivity (Wildman–Crippen MR) is 53.7 cm³/mol. The van der Waals surface area contributed by atoms with Gasteiger partial charge in [0.15, 0.2) is 0 Å². The molecule has 0 aromatic carbocycles. The maximum Gasteiger partial charge on any atom is 0.0249 e. The van der Waals surface area contributed by atoms with Crippen LogP contribution in [0.1, 0.15) is 11.3 Å². The van der Waals surface area contributed by atoms with E-state index >= 15 is 0 Å². The number of rotatable bonds is 2. The van der Waals surface area contributed by atoms with Crippen molar-refractivity contribution >= 4 is 0 Å². The molecule has 1 aliphatic heterocycles. The zero-order valence-corrected chi connectivity index (χ0v) is 8.14. The Balaban J connectivity index is 1.89. The third kappa shape index (κ3) is 2.32. The van der Waals surface area contributed by atoms with Gasteiger partial charge in [0.25, 0.3) is 0 Å². The average Bonchev–Trinajstić information content (AvgIpc) is 2.53. The number of H-pyrrole nitrogens is 1. The first kappa shape index (κ1) is 8.78. The monoisotopic (exact) mass is 179 g/mol. The molecule has 2 N–H and O–H groups in total. The molecule has 13 heavy (non-hydrogen) atoms. The van der Waals surface area contributed by atoms with Crippen LogP contribution in [0.2, 0.25) is 0 Å². The molecular weight excluding hydrogens is 162 g/mol. The highest BCUT2D eigenvalue weighted by Gasteiger charge is 2.09. The highest BCUT2D eigenvalue weighted by molar-refractivity contribution is 5.15. The van der Waals surface area contributed by atoms with Crippen molar-refractivity contribution in [3.05, 3.63) is 23.5 Å². The van der Waals surface area contributed by atoms with Gasteiger partial charge in [-0.15, -0.1) is 0 Å². The summed E-state index contributed by atoms with van der Waals surface area (Å²) in [5.74, 6) is 0. The zero-order chi connectivity index (χ0) is 9.10. The Labute approximate surface area is 79.1 Å². The fraction of sp³-hybridized carbons (Fsp3) is 0.600. The Morgan fingerprint density at radius 1 is 1.38 bits per heavy atom. The number of nitrogens with one attached hydrogen (secondary N) is 2. The fourth-order valence-electron chi connectivity index (χ4n) is 1.79. The summed E-state index contributed by atoms with van der Waals surface area (Å²) in [4.78, 5) is 5.70. The summed E-state index contributed by atoms with van der Waals surface area (Å²) in [5, 5.41) is 3.36. The highest BCUT2D eigenvalue weighted by Crippen LogP contribution is 2.06. The molecule has 1 fully saturated rings. The maximum atomic E-state index is 3.36. The minimum absolute atomic E-state index is 1.09. The van der Waals surface area contributed by atoms with Crippen molar-refractivity contribution in [1.82, 2.24) is 15.2 Å². The molecule has 1 aliphatic rings. The second kappa shape index (κ2) is 3.94. The number of aromatic nitrogens is 1. The van der Waals surface area contributed by atoms with Crippen LogP contribution in [0.15, 0.2) is 12.3 Å². The van der Waals surface area contributed by atoms with E-state index in [9.17, 15) is 0 Å². The van der Waals surface area contributed by atoms with Gasteiger partial charge in [0.05, 0.1) is 0 Å². The number of aryl methyl sites for hydroxylation is 1. The zero-order valence-electron chi connectivity index (χ0n) is 8.14. The summed E-state index contributed by atoms with van der Waals surface area (Å²) in [6.07, 6.45) is 2.11. The quantitative estimate of drug-likeness (QED) is 0.701. The summed E-state index contributed by atoms with van der Waals surface area (Å²) in [5.41, 5.74) is 2.66. The Bertz CT molecular complexity index is 261. The second-order valence-electron chi connectivity index (χ2n) is 3.72. The van der Waals surface area contributed by atoms with Crippen LogP contribution in [0.25, 0.3) is 0 Å². The van der Waals surface area contributed by atoms with Crippen molar-refractivity contribution in [2.45, 2.75) is 13.5 Å². The van der Waals surface area contributed by atoms with Crippen molar-refractivity contribution in [3.8, 4) is 0 Å². The smallest absolute Gasteiger partial charge is 0.0249 e. The van der Waals surface area contributed by atoms with E-state index in [4.69, 9.17) is 0 Å². The van der Waals surface area contributed by atoms with Crippen LogP contribution in [0.5, 0.6) is 0 Å². The van der Waals surface area contributed by atoms with Gasteiger partial charge in [-0.1, -0.05) is 0 Å². The molecule has 0 spiro atoms. The Hall–Kier alpha value is -0.800. The SMILES string of the molecule is Cc1cc(CN2CCNCC2)c[nH]1. The highest BCUT2D eigenvalue weighted by atomic mass is 15.2. The van der Waals surface area contributed by atoms with Gasteiger partial charge in [0, 0.05) is 44.6 Å². The van der Waals surface area contributed by atoms with E-state index in [1.165, 1.54) is 24.3 Å². The largest absolute Gasteiger partial charge is 0.365 e. The summed E-state index contributed by atoms with van der Waals surface area (Å²) >= 11 is 0. The normalized spacial score (nSPS) is 19.2. The van der Waals surface area contributed by atoms with E-state index in [0.717, 1.165) is 19.6 Å². The van der Waals surface area contributed by atoms with Crippen LogP contribution in [-0.2, 0) is 6.54 Å². The molecule has 2 heterocycles. The average molecular weight is 179 g/mol. The minimum Gasteiger partial charge on any atom is -0.365 e. The number of hydrogen-bond acceptors (Lipinski definition) is 2. The number of nitrogens with zero attached hydrogens (tertiary/aromatic N) is 1. The molecule has 72 valence electrons. The van der Waals surface area contributed by atoms with Crippen LogP contribution in [0, 0.1) is 6.92 Å². The van der Waals surface area contributed by atoms with Gasteiger partial charge >= 0.3 is 0 Å². The molecule has 2 rings (SSSR count). The molecule has 1 aromatic rings. The first-order valence-corrected chi connectivity index (χ1v) is 4.91. The topological polar surface area (TPSA) is 31.1 Å². The molecular formula is C10H17N3. The van der Waals surface area contributed by atoms with Crippen molar-refractivity contribution in [2.24, 2.45) is 0 Å². The molecule has 0 aliphatic carbocycles. The van der Waals surface area contributed by atoms with Crippen LogP contribution in [-0.4, -0.2) is 36.1 Å². The van der Waals surface area contributed by atoms with Gasteiger partial charge in [-0.05, 0) is 18.6 Å². The molecule has 3 nitrogen and oxygen atoms in total. The lowest BCUT2D eigenvalue weighted by Crippen LogP contribution is -2.42. The molecule has 0 amide bonds. The Kier molecular flexibility index (Phi) is 2.66. The van der Waals surface area contributed by atoms with E-state index in [-0.39, 0.29) is 0 Å². The van der Waals surface area contributed by atoms with Crippen molar-refractivity contribution in [1.29, 1.82) is 0 Å². The lowest BCUT2D eigenvalue weighted by Gasteiger charge is -2.26. The predicted octanol–water partition coefficient (Wildman–Crippen LogP) is 0.728. The van der Waals surface area contributed by atoms with Crippen LogP contribution < -0.4 is 5.32 Å². The molecule has 3 heteroatoms. The van der Waals surface area contributed by atoms with Gasteiger partial charge in [-0.3, -0.25) is 4.90 Å². The van der Waals surface area contributed by atoms with Crippen LogP contribution in [0.3, 0.4) is 0 Å². The number of piperazine rings is 1. The summed E-state index contributed by atoms with van der Waals surface area (Å²) in [6, 6.07) is 2.22. The van der Waals surface area contributed by atoms with Gasteiger partial charge < -0.3 is 10.3 Å². The summed E-state index contributed by atoms with van der Waals surface area (Å²) < 4.78 is 0. The molecule has 0 unspecified atom stereocenters. The van der Waals surface area contributed by atoms with Gasteiger partial charge in [-0.2, -0.15) is 0 Å². The molecule has 0 atom stereocenters. The van der Waals surface area contributed by atoms with Gasteiger partial charge in [0.2, 0.25) is 0 Å². The lowest BCUT2D eigenvalue weighted by molar-refractivity contribution is 0.233. The van der Waals surface area contributed by atoms with Crippen LogP contribution in [0.4, 0.5) is 0 Å². The van der Waals surface area contributed by atoms with E-state index in [1.807, 2.05) is 0 Å². The van der Waals surface area contributed by atoms with E-state index in [1.54, 1.807) is 0 Å². The van der Waals surface area contributed by atoms with Crippen molar-refractivity contribution in [3.63, 3.8) is 0 Å². The van der Waals surface area contributed by atoms with E-state index < -0.39 is 0 Å². The molecule has 0 bridgehead atoms. The third-order valence-electron chi connectivity index (χ3n) is 2.50. The van der Waals surface area contributed by atoms with Crippen molar-refractivity contribution < 1.29 is 0 Å². The maximum absolute atomic E-state index is 3.36.